The molecule has 0 bridgehead atoms. The van der Waals surface area contributed by atoms with Gasteiger partial charge in [-0.1, -0.05) is 0 Å². The predicted octanol–water partition coefficient (Wildman–Crippen LogP) is 2.21. The standard InChI is InChI=1S/C11H12N2O2S2/c1-7-12-8(5-16-7)3-10-13-9(6-17-10)4-11(14)15-2/h5-6H,3-4H2,1-2H3. The predicted molar refractivity (Wildman–Crippen MR) is 67.5 cm³/mol. The van der Waals surface area contributed by atoms with Crippen molar-refractivity contribution in [2.75, 3.05) is 7.11 Å². The van der Waals surface area contributed by atoms with Crippen molar-refractivity contribution in [2.45, 2.75) is 19.8 Å². The van der Waals surface area contributed by atoms with Crippen LogP contribution in [0.3, 0.4) is 0 Å². The number of carbonyl (C=O) groups excluding carboxylic acids is 1. The molecule has 0 aliphatic heterocycles. The van der Waals surface area contributed by atoms with Gasteiger partial charge in [-0.3, -0.25) is 4.79 Å². The molecule has 2 heterocycles. The highest BCUT2D eigenvalue weighted by molar-refractivity contribution is 7.10. The maximum atomic E-state index is 11.1. The Morgan fingerprint density at radius 2 is 2.06 bits per heavy atom. The molecule has 0 saturated heterocycles. The van der Waals surface area contributed by atoms with Crippen LogP contribution in [0, 0.1) is 6.92 Å². The average Bonchev–Trinajstić information content (AvgIpc) is 2.89. The van der Waals surface area contributed by atoms with E-state index in [1.54, 1.807) is 22.7 Å². The Hall–Kier alpha value is -1.27. The number of ether oxygens (including phenoxy) is 1. The lowest BCUT2D eigenvalue weighted by molar-refractivity contribution is -0.139. The van der Waals surface area contributed by atoms with Crippen LogP contribution in [0.25, 0.3) is 0 Å². The summed E-state index contributed by atoms with van der Waals surface area (Å²) in [4.78, 5) is 19.9. The summed E-state index contributed by atoms with van der Waals surface area (Å²) in [6.07, 6.45) is 0.972. The Labute approximate surface area is 107 Å². The average molecular weight is 268 g/mol. The molecule has 2 aromatic heterocycles. The molecular weight excluding hydrogens is 256 g/mol. The summed E-state index contributed by atoms with van der Waals surface area (Å²) < 4.78 is 4.60. The zero-order valence-electron chi connectivity index (χ0n) is 9.60. The summed E-state index contributed by atoms with van der Waals surface area (Å²) in [5.74, 6) is -0.258. The molecule has 2 rings (SSSR count). The highest BCUT2D eigenvalue weighted by Crippen LogP contribution is 2.17. The minimum absolute atomic E-state index is 0.239. The largest absolute Gasteiger partial charge is 0.469 e. The first-order valence-corrected chi connectivity index (χ1v) is 6.84. The SMILES string of the molecule is COC(=O)Cc1csc(Cc2csc(C)n2)n1. The Balaban J connectivity index is 2.01. The third kappa shape index (κ3) is 3.34. The number of aromatic nitrogens is 2. The number of aryl methyl sites for hydroxylation is 1. The third-order valence-electron chi connectivity index (χ3n) is 2.15. The summed E-state index contributed by atoms with van der Waals surface area (Å²) in [6.45, 7) is 1.98. The summed E-state index contributed by atoms with van der Waals surface area (Å²) in [7, 11) is 1.38. The summed E-state index contributed by atoms with van der Waals surface area (Å²) in [6, 6.07) is 0. The van der Waals surface area contributed by atoms with Gasteiger partial charge in [0.1, 0.15) is 0 Å². The normalized spacial score (nSPS) is 10.5. The van der Waals surface area contributed by atoms with Crippen LogP contribution in [-0.4, -0.2) is 23.0 Å². The van der Waals surface area contributed by atoms with Gasteiger partial charge in [0.15, 0.2) is 0 Å². The highest BCUT2D eigenvalue weighted by atomic mass is 32.1. The van der Waals surface area contributed by atoms with Gasteiger partial charge in [-0.25, -0.2) is 9.97 Å². The van der Waals surface area contributed by atoms with E-state index < -0.39 is 0 Å². The number of rotatable bonds is 4. The first-order valence-electron chi connectivity index (χ1n) is 5.08. The molecule has 2 aromatic rings. The molecule has 6 heteroatoms. The fraction of sp³-hybridized carbons (Fsp3) is 0.364. The smallest absolute Gasteiger partial charge is 0.311 e. The van der Waals surface area contributed by atoms with Crippen LogP contribution in [0.2, 0.25) is 0 Å². The molecule has 0 fully saturated rings. The number of hydrogen-bond donors (Lipinski definition) is 0. The first-order chi connectivity index (χ1) is 8.17. The van der Waals surface area contributed by atoms with E-state index >= 15 is 0 Å². The highest BCUT2D eigenvalue weighted by Gasteiger charge is 2.09. The second-order valence-corrected chi connectivity index (χ2v) is 5.53. The minimum Gasteiger partial charge on any atom is -0.469 e. The van der Waals surface area contributed by atoms with Crippen molar-refractivity contribution in [2.24, 2.45) is 0 Å². The van der Waals surface area contributed by atoms with Crippen LogP contribution >= 0.6 is 22.7 Å². The molecule has 90 valence electrons. The van der Waals surface area contributed by atoms with Crippen LogP contribution in [0.5, 0.6) is 0 Å². The monoisotopic (exact) mass is 268 g/mol. The topological polar surface area (TPSA) is 52.1 Å². The quantitative estimate of drug-likeness (QED) is 0.798. The Bertz CT molecular complexity index is 519. The second kappa shape index (κ2) is 5.37. The van der Waals surface area contributed by atoms with Crippen molar-refractivity contribution in [1.82, 2.24) is 9.97 Å². The molecule has 0 unspecified atom stereocenters. The van der Waals surface area contributed by atoms with E-state index in [1.165, 1.54) is 7.11 Å². The van der Waals surface area contributed by atoms with Crippen LogP contribution in [0.15, 0.2) is 10.8 Å². The molecule has 0 N–H and O–H groups in total. The zero-order chi connectivity index (χ0) is 12.3. The van der Waals surface area contributed by atoms with Crippen LogP contribution in [0.4, 0.5) is 0 Å². The van der Waals surface area contributed by atoms with Crippen molar-refractivity contribution in [3.63, 3.8) is 0 Å². The zero-order valence-corrected chi connectivity index (χ0v) is 11.2. The first kappa shape index (κ1) is 12.2. The molecule has 0 saturated carbocycles. The maximum absolute atomic E-state index is 11.1. The van der Waals surface area contributed by atoms with Gasteiger partial charge in [0.25, 0.3) is 0 Å². The fourth-order valence-electron chi connectivity index (χ4n) is 1.38. The van der Waals surface area contributed by atoms with Crippen molar-refractivity contribution >= 4 is 28.6 Å². The molecule has 0 spiro atoms. The Morgan fingerprint density at radius 1 is 1.29 bits per heavy atom. The Kier molecular flexibility index (Phi) is 3.86. The van der Waals surface area contributed by atoms with Crippen molar-refractivity contribution < 1.29 is 9.53 Å². The van der Waals surface area contributed by atoms with Gasteiger partial charge < -0.3 is 4.74 Å². The van der Waals surface area contributed by atoms with E-state index in [2.05, 4.69) is 14.7 Å². The second-order valence-electron chi connectivity index (χ2n) is 3.52. The van der Waals surface area contributed by atoms with Gasteiger partial charge in [-0.05, 0) is 6.92 Å². The fourth-order valence-corrected chi connectivity index (χ4v) is 2.80. The molecular formula is C11H12N2O2S2. The lowest BCUT2D eigenvalue weighted by Gasteiger charge is -1.94. The molecule has 0 aliphatic rings. The summed E-state index contributed by atoms with van der Waals surface area (Å²) >= 11 is 3.19. The number of methoxy groups -OCH3 is 1. The van der Waals surface area contributed by atoms with Gasteiger partial charge >= 0.3 is 5.97 Å². The summed E-state index contributed by atoms with van der Waals surface area (Å²) in [5.41, 5.74) is 1.80. The number of esters is 1. The lowest BCUT2D eigenvalue weighted by atomic mass is 10.3. The van der Waals surface area contributed by atoms with Gasteiger partial charge in [0, 0.05) is 17.2 Å². The molecule has 0 aliphatic carbocycles. The van der Waals surface area contributed by atoms with Gasteiger partial charge in [0.2, 0.25) is 0 Å². The van der Waals surface area contributed by atoms with E-state index in [-0.39, 0.29) is 12.4 Å². The molecule has 0 atom stereocenters. The van der Waals surface area contributed by atoms with Crippen LogP contribution < -0.4 is 0 Å². The number of thiazole rings is 2. The van der Waals surface area contributed by atoms with Crippen molar-refractivity contribution in [1.29, 1.82) is 0 Å². The maximum Gasteiger partial charge on any atom is 0.311 e. The number of carbonyl (C=O) groups is 1. The molecule has 4 nitrogen and oxygen atoms in total. The molecule has 0 aromatic carbocycles. The van der Waals surface area contributed by atoms with Gasteiger partial charge in [0.05, 0.1) is 34.9 Å². The lowest BCUT2D eigenvalue weighted by Crippen LogP contribution is -2.04. The van der Waals surface area contributed by atoms with Crippen molar-refractivity contribution in [3.05, 3.63) is 32.2 Å². The van der Waals surface area contributed by atoms with E-state index in [0.717, 1.165) is 27.8 Å². The van der Waals surface area contributed by atoms with Gasteiger partial charge in [-0.15, -0.1) is 22.7 Å². The van der Waals surface area contributed by atoms with Gasteiger partial charge in [-0.2, -0.15) is 0 Å². The van der Waals surface area contributed by atoms with E-state index in [1.807, 2.05) is 17.7 Å². The number of hydrogen-bond acceptors (Lipinski definition) is 6. The minimum atomic E-state index is -0.258. The molecule has 17 heavy (non-hydrogen) atoms. The van der Waals surface area contributed by atoms with Crippen LogP contribution in [0.1, 0.15) is 21.4 Å². The van der Waals surface area contributed by atoms with Crippen molar-refractivity contribution in [3.8, 4) is 0 Å². The van der Waals surface area contributed by atoms with E-state index in [0.29, 0.717) is 0 Å². The number of nitrogens with zero attached hydrogens (tertiary/aromatic N) is 2. The van der Waals surface area contributed by atoms with E-state index in [4.69, 9.17) is 0 Å². The van der Waals surface area contributed by atoms with Crippen LogP contribution in [-0.2, 0) is 22.4 Å². The third-order valence-corrected chi connectivity index (χ3v) is 3.87. The Morgan fingerprint density at radius 3 is 2.71 bits per heavy atom. The molecule has 0 amide bonds. The van der Waals surface area contributed by atoms with E-state index in [9.17, 15) is 4.79 Å². The molecule has 0 radical (unpaired) electrons. The summed E-state index contributed by atoms with van der Waals surface area (Å²) in [5, 5.41) is 5.97.